The number of ether oxygens (including phenoxy) is 1. The lowest BCUT2D eigenvalue weighted by Crippen LogP contribution is -2.08. The molecule has 0 bridgehead atoms. The van der Waals surface area contributed by atoms with Crippen LogP contribution < -0.4 is 0 Å². The fourth-order valence-corrected chi connectivity index (χ4v) is 1.84. The van der Waals surface area contributed by atoms with E-state index in [4.69, 9.17) is 9.15 Å². The van der Waals surface area contributed by atoms with Crippen LogP contribution in [-0.4, -0.2) is 11.9 Å². The monoisotopic (exact) mass is 241 g/mol. The maximum Gasteiger partial charge on any atom is 0.345 e. The van der Waals surface area contributed by atoms with Gasteiger partial charge >= 0.3 is 5.97 Å². The minimum absolute atomic E-state index is 0.347. The van der Waals surface area contributed by atoms with Gasteiger partial charge in [-0.15, -0.1) is 0 Å². The number of furan rings is 1. The van der Waals surface area contributed by atoms with E-state index in [1.807, 2.05) is 37.3 Å². The van der Waals surface area contributed by atoms with Crippen LogP contribution in [0.1, 0.15) is 23.1 Å². The maximum atomic E-state index is 11.8. The number of hydrogen-bond donors (Lipinski definition) is 0. The molecule has 18 heavy (non-hydrogen) atoms. The van der Waals surface area contributed by atoms with Gasteiger partial charge in [0.25, 0.3) is 0 Å². The number of carbonyl (C=O) groups excluding carboxylic acids is 1. The van der Waals surface area contributed by atoms with Crippen LogP contribution in [-0.2, 0) is 9.53 Å². The number of esters is 1. The Balaban J connectivity index is 1.94. The minimum Gasteiger partial charge on any atom is -0.463 e. The number of hydrogen-bond acceptors (Lipinski definition) is 4. The van der Waals surface area contributed by atoms with E-state index in [-0.39, 0.29) is 0 Å². The van der Waals surface area contributed by atoms with Crippen molar-refractivity contribution in [3.63, 3.8) is 0 Å². The second-order valence-corrected chi connectivity index (χ2v) is 4.07. The summed E-state index contributed by atoms with van der Waals surface area (Å²) in [5.41, 5.74) is 0.789. The molecular formula is C14H11NO3. The van der Waals surface area contributed by atoms with E-state index < -0.39 is 12.0 Å². The zero-order valence-electron chi connectivity index (χ0n) is 9.79. The molecule has 0 saturated heterocycles. The summed E-state index contributed by atoms with van der Waals surface area (Å²) in [5.74, 6) is 1.22. The highest BCUT2D eigenvalue weighted by Crippen LogP contribution is 2.27. The summed E-state index contributed by atoms with van der Waals surface area (Å²) < 4.78 is 10.6. The summed E-state index contributed by atoms with van der Waals surface area (Å²) in [6.07, 6.45) is 0. The Morgan fingerprint density at radius 3 is 2.56 bits per heavy atom. The van der Waals surface area contributed by atoms with E-state index in [1.165, 1.54) is 0 Å². The lowest BCUT2D eigenvalue weighted by molar-refractivity contribution is -0.135. The molecule has 1 atom stereocenters. The summed E-state index contributed by atoms with van der Waals surface area (Å²) in [6.45, 7) is 1.83. The Hall–Kier alpha value is -2.36. The Morgan fingerprint density at radius 2 is 1.89 bits per heavy atom. The Morgan fingerprint density at radius 1 is 1.11 bits per heavy atom. The molecule has 1 unspecified atom stereocenters. The van der Waals surface area contributed by atoms with Crippen molar-refractivity contribution in [2.24, 2.45) is 4.99 Å². The zero-order chi connectivity index (χ0) is 12.5. The molecule has 0 spiro atoms. The number of cyclic esters (lactones) is 1. The van der Waals surface area contributed by atoms with Gasteiger partial charge in [0.15, 0.2) is 0 Å². The molecule has 0 radical (unpaired) electrons. The summed E-state index contributed by atoms with van der Waals surface area (Å²) in [5, 5.41) is 0. The number of aryl methyl sites for hydroxylation is 1. The Bertz CT molecular complexity index is 613. The first-order valence-corrected chi connectivity index (χ1v) is 5.65. The van der Waals surface area contributed by atoms with Crippen LogP contribution in [0.5, 0.6) is 0 Å². The Labute approximate surface area is 104 Å². The summed E-state index contributed by atoms with van der Waals surface area (Å²) in [4.78, 5) is 16.0. The largest absolute Gasteiger partial charge is 0.463 e. The normalized spacial score (nSPS) is 18.6. The standard InChI is InChI=1S/C14H11NO3/c1-9-7-8-11(17-9)12-14(16)18-13(15-12)10-5-3-2-4-6-10/h2-8,12H,1H3. The van der Waals surface area contributed by atoms with Crippen molar-refractivity contribution in [2.45, 2.75) is 13.0 Å². The van der Waals surface area contributed by atoms with Crippen LogP contribution >= 0.6 is 0 Å². The van der Waals surface area contributed by atoms with Gasteiger partial charge in [-0.05, 0) is 31.2 Å². The van der Waals surface area contributed by atoms with E-state index >= 15 is 0 Å². The molecule has 1 aliphatic rings. The molecule has 3 rings (SSSR count). The number of aliphatic imine (C=N–C) groups is 1. The van der Waals surface area contributed by atoms with Gasteiger partial charge in [0.2, 0.25) is 11.9 Å². The van der Waals surface area contributed by atoms with Crippen molar-refractivity contribution in [2.75, 3.05) is 0 Å². The first-order chi connectivity index (χ1) is 8.74. The molecule has 1 aromatic carbocycles. The van der Waals surface area contributed by atoms with E-state index in [1.54, 1.807) is 12.1 Å². The number of nitrogens with zero attached hydrogens (tertiary/aromatic N) is 1. The fraction of sp³-hybridized carbons (Fsp3) is 0.143. The van der Waals surface area contributed by atoms with Gasteiger partial charge in [-0.2, -0.15) is 0 Å². The van der Waals surface area contributed by atoms with Crippen LogP contribution in [0.2, 0.25) is 0 Å². The second-order valence-electron chi connectivity index (χ2n) is 4.07. The molecule has 0 saturated carbocycles. The van der Waals surface area contributed by atoms with Crippen molar-refractivity contribution in [3.8, 4) is 0 Å². The predicted molar refractivity (Wildman–Crippen MR) is 65.3 cm³/mol. The molecule has 0 amide bonds. The average molecular weight is 241 g/mol. The van der Waals surface area contributed by atoms with Crippen molar-refractivity contribution < 1.29 is 13.9 Å². The molecule has 4 nitrogen and oxygen atoms in total. The van der Waals surface area contributed by atoms with Gasteiger partial charge in [-0.3, -0.25) is 0 Å². The molecule has 1 aromatic heterocycles. The van der Waals surface area contributed by atoms with E-state index in [9.17, 15) is 4.79 Å². The molecule has 1 aliphatic heterocycles. The Kier molecular flexibility index (Phi) is 2.48. The van der Waals surface area contributed by atoms with Crippen LogP contribution in [0.25, 0.3) is 0 Å². The highest BCUT2D eigenvalue weighted by atomic mass is 16.6. The maximum absolute atomic E-state index is 11.8. The van der Waals surface area contributed by atoms with E-state index in [0.717, 1.165) is 11.3 Å². The van der Waals surface area contributed by atoms with Crippen molar-refractivity contribution in [1.82, 2.24) is 0 Å². The minimum atomic E-state index is -0.686. The van der Waals surface area contributed by atoms with E-state index in [2.05, 4.69) is 4.99 Å². The first kappa shape index (κ1) is 10.8. The van der Waals surface area contributed by atoms with Gasteiger partial charge in [0.05, 0.1) is 0 Å². The molecule has 0 fully saturated rings. The first-order valence-electron chi connectivity index (χ1n) is 5.65. The topological polar surface area (TPSA) is 51.8 Å². The summed E-state index contributed by atoms with van der Waals surface area (Å²) >= 11 is 0. The number of benzene rings is 1. The van der Waals surface area contributed by atoms with Crippen LogP contribution in [0.3, 0.4) is 0 Å². The molecule has 4 heteroatoms. The van der Waals surface area contributed by atoms with Crippen molar-refractivity contribution in [1.29, 1.82) is 0 Å². The van der Waals surface area contributed by atoms with Gasteiger partial charge in [0, 0.05) is 5.56 Å². The van der Waals surface area contributed by atoms with Crippen molar-refractivity contribution >= 4 is 11.9 Å². The lowest BCUT2D eigenvalue weighted by Gasteiger charge is -1.98. The van der Waals surface area contributed by atoms with Gasteiger partial charge in [0.1, 0.15) is 11.5 Å². The fourth-order valence-electron chi connectivity index (χ4n) is 1.84. The van der Waals surface area contributed by atoms with Crippen LogP contribution in [0, 0.1) is 6.92 Å². The highest BCUT2D eigenvalue weighted by molar-refractivity contribution is 6.06. The molecule has 2 aromatic rings. The molecule has 0 aliphatic carbocycles. The lowest BCUT2D eigenvalue weighted by atomic mass is 10.2. The summed E-state index contributed by atoms with van der Waals surface area (Å²) in [7, 11) is 0. The second kappa shape index (κ2) is 4.14. The quantitative estimate of drug-likeness (QED) is 0.759. The number of rotatable bonds is 2. The molecule has 90 valence electrons. The van der Waals surface area contributed by atoms with Gasteiger partial charge < -0.3 is 9.15 Å². The third kappa shape index (κ3) is 1.82. The van der Waals surface area contributed by atoms with Crippen molar-refractivity contribution in [3.05, 3.63) is 59.5 Å². The van der Waals surface area contributed by atoms with Crippen LogP contribution in [0.4, 0.5) is 0 Å². The van der Waals surface area contributed by atoms with E-state index in [0.29, 0.717) is 11.7 Å². The third-order valence-corrected chi connectivity index (χ3v) is 2.72. The SMILES string of the molecule is Cc1ccc(C2N=C(c3ccccc3)OC2=O)o1. The highest BCUT2D eigenvalue weighted by Gasteiger charge is 2.33. The molecule has 0 N–H and O–H groups in total. The van der Waals surface area contributed by atoms with Gasteiger partial charge in [-0.1, -0.05) is 18.2 Å². The predicted octanol–water partition coefficient (Wildman–Crippen LogP) is 2.63. The smallest absolute Gasteiger partial charge is 0.345 e. The van der Waals surface area contributed by atoms with Crippen LogP contribution in [0.15, 0.2) is 51.9 Å². The number of carbonyl (C=O) groups is 1. The van der Waals surface area contributed by atoms with Gasteiger partial charge in [-0.25, -0.2) is 9.79 Å². The zero-order valence-corrected chi connectivity index (χ0v) is 9.79. The average Bonchev–Trinajstić information content (AvgIpc) is 2.97. The molecular weight excluding hydrogens is 230 g/mol. The summed E-state index contributed by atoms with van der Waals surface area (Å²) in [6, 6.07) is 12.2. The third-order valence-electron chi connectivity index (χ3n) is 2.72. The molecule has 2 heterocycles.